The fraction of sp³-hybridized carbons (Fsp3) is 0.400. The summed E-state index contributed by atoms with van der Waals surface area (Å²) in [5.41, 5.74) is -3.07. The fourth-order valence-electron chi connectivity index (χ4n) is 4.49. The molecular weight excluding hydrogens is 486 g/mol. The maximum atomic E-state index is 12.7. The normalized spacial score (nSPS) is 12.0. The highest BCUT2D eigenvalue weighted by Gasteiger charge is 2.29. The summed E-state index contributed by atoms with van der Waals surface area (Å²) in [6.07, 6.45) is 2.29. The van der Waals surface area contributed by atoms with Gasteiger partial charge in [0, 0.05) is 43.8 Å². The molecule has 0 saturated carbocycles. The van der Waals surface area contributed by atoms with E-state index in [1.54, 1.807) is 13.8 Å². The summed E-state index contributed by atoms with van der Waals surface area (Å²) in [7, 11) is 1.42. The van der Waals surface area contributed by atoms with Crippen molar-refractivity contribution in [3.63, 3.8) is 0 Å². The average Bonchev–Trinajstić information content (AvgIpc) is 2.89. The second kappa shape index (κ2) is 10.4. The Kier molecular flexibility index (Phi) is 7.86. The van der Waals surface area contributed by atoms with Gasteiger partial charge in [-0.1, -0.05) is 52.3 Å². The van der Waals surface area contributed by atoms with Crippen LogP contribution in [0.1, 0.15) is 60.8 Å². The number of benzene rings is 4. The third-order valence-corrected chi connectivity index (χ3v) is 7.21. The molecule has 2 aliphatic carbocycles. The van der Waals surface area contributed by atoms with Crippen LogP contribution in [0.15, 0.2) is 49.5 Å². The van der Waals surface area contributed by atoms with E-state index in [0.717, 1.165) is 12.8 Å². The molecule has 200 valence electrons. The third-order valence-electron chi connectivity index (χ3n) is 7.21. The van der Waals surface area contributed by atoms with Gasteiger partial charge in [0.1, 0.15) is 0 Å². The smallest absolute Gasteiger partial charge is 0.311 e. The van der Waals surface area contributed by atoms with E-state index < -0.39 is 27.1 Å². The third kappa shape index (κ3) is 4.95. The molecule has 0 aromatic heterocycles. The number of hydrogen-bond donors (Lipinski definition) is 1. The van der Waals surface area contributed by atoms with Crippen LogP contribution >= 0.6 is 0 Å². The van der Waals surface area contributed by atoms with Crippen LogP contribution < -0.4 is 27.0 Å². The summed E-state index contributed by atoms with van der Waals surface area (Å²) in [5, 5.41) is 3.07. The quantitative estimate of drug-likeness (QED) is 0.230. The van der Waals surface area contributed by atoms with E-state index in [1.165, 1.54) is 37.4 Å². The molecule has 2 aromatic rings. The van der Waals surface area contributed by atoms with Crippen molar-refractivity contribution in [2.45, 2.75) is 60.8 Å². The van der Waals surface area contributed by atoms with E-state index >= 15 is 0 Å². The van der Waals surface area contributed by atoms with Crippen LogP contribution in [0.2, 0.25) is 0 Å². The molecule has 8 heteroatoms. The van der Waals surface area contributed by atoms with Crippen molar-refractivity contribution in [2.24, 2.45) is 10.8 Å². The molecule has 0 heterocycles. The Hall–Kier alpha value is -3.94. The zero-order valence-corrected chi connectivity index (χ0v) is 22.9. The lowest BCUT2D eigenvalue weighted by Crippen LogP contribution is -2.32. The maximum Gasteiger partial charge on any atom is 0.311 e. The minimum atomic E-state index is -0.753. The zero-order chi connectivity index (χ0) is 28.6. The monoisotopic (exact) mass is 519 g/mol. The van der Waals surface area contributed by atoms with Crippen LogP contribution in [0.4, 0.5) is 5.69 Å². The minimum absolute atomic E-state index is 0.0388. The van der Waals surface area contributed by atoms with Gasteiger partial charge in [-0.25, -0.2) is 0 Å². The first-order valence-corrected chi connectivity index (χ1v) is 12.6. The average molecular weight is 520 g/mol. The molecule has 0 atom stereocenters. The van der Waals surface area contributed by atoms with E-state index in [1.807, 2.05) is 27.7 Å². The van der Waals surface area contributed by atoms with Crippen molar-refractivity contribution in [3.8, 4) is 11.1 Å². The van der Waals surface area contributed by atoms with E-state index in [4.69, 9.17) is 0 Å². The standard InChI is InChI=1S/C23H19NO5.C7H14O2/c1-4-8-23(2,3)22(29)24-11-9-14-17-15(10-11)21(28)19(26)13-7-5-6-12(16(13)17)18(25)20(14)27;1-5-7(2,3)6(8)9-4/h5-7,9-10H,4,8H2,1-3H3,(H,24,29);5H2,1-4H3. The Labute approximate surface area is 220 Å². The molecular formula is C30H33NO7. The van der Waals surface area contributed by atoms with Crippen LogP contribution in [-0.2, 0) is 14.3 Å². The first kappa shape index (κ1) is 28.6. The first-order valence-electron chi connectivity index (χ1n) is 12.6. The van der Waals surface area contributed by atoms with E-state index in [2.05, 4.69) is 10.1 Å². The second-order valence-corrected chi connectivity index (χ2v) is 10.8. The highest BCUT2D eigenvalue weighted by molar-refractivity contribution is 6.13. The number of rotatable bonds is 6. The van der Waals surface area contributed by atoms with Crippen molar-refractivity contribution in [1.82, 2.24) is 0 Å². The van der Waals surface area contributed by atoms with Crippen molar-refractivity contribution in [2.75, 3.05) is 12.4 Å². The summed E-state index contributed by atoms with van der Waals surface area (Å²) in [5.74, 6) is -0.401. The zero-order valence-electron chi connectivity index (χ0n) is 22.9. The maximum absolute atomic E-state index is 12.7. The number of nitrogens with one attached hydrogen (secondary N) is 1. The van der Waals surface area contributed by atoms with Gasteiger partial charge < -0.3 is 10.1 Å². The van der Waals surface area contributed by atoms with E-state index in [0.29, 0.717) is 17.5 Å². The molecule has 0 fully saturated rings. The van der Waals surface area contributed by atoms with Crippen LogP contribution in [-0.4, -0.2) is 19.0 Å². The molecule has 0 unspecified atom stereocenters. The molecule has 1 N–H and O–H groups in total. The van der Waals surface area contributed by atoms with E-state index in [9.17, 15) is 28.8 Å². The number of ether oxygens (including phenoxy) is 1. The molecule has 4 rings (SSSR count). The molecule has 8 nitrogen and oxygen atoms in total. The largest absolute Gasteiger partial charge is 0.469 e. The molecule has 1 amide bonds. The van der Waals surface area contributed by atoms with Gasteiger partial charge in [-0.2, -0.15) is 0 Å². The second-order valence-electron chi connectivity index (χ2n) is 10.8. The van der Waals surface area contributed by atoms with Gasteiger partial charge in [0.2, 0.25) is 27.6 Å². The van der Waals surface area contributed by atoms with Crippen LogP contribution in [0.25, 0.3) is 32.7 Å². The number of carbonyl (C=O) groups excluding carboxylic acids is 2. The highest BCUT2D eigenvalue weighted by Crippen LogP contribution is 2.36. The summed E-state index contributed by atoms with van der Waals surface area (Å²) in [6.45, 7) is 11.3. The van der Waals surface area contributed by atoms with Gasteiger partial charge in [0.25, 0.3) is 0 Å². The highest BCUT2D eigenvalue weighted by atomic mass is 16.5. The molecule has 0 saturated heterocycles. The van der Waals surface area contributed by atoms with Crippen LogP contribution in [0.5, 0.6) is 0 Å². The van der Waals surface area contributed by atoms with Crippen molar-refractivity contribution >= 4 is 39.1 Å². The SMILES string of the molecule is CCC(C)(C)C(=O)OC.CCCC(C)(C)C(=O)Nc1cc2c3c(c1)c(=O)c(=O)c1cccc(c1-3)c(=O)c2=O. The summed E-state index contributed by atoms with van der Waals surface area (Å²) >= 11 is 0. The van der Waals surface area contributed by atoms with Crippen molar-refractivity contribution in [3.05, 3.63) is 71.2 Å². The number of anilines is 1. The Morgan fingerprint density at radius 1 is 0.763 bits per heavy atom. The van der Waals surface area contributed by atoms with Gasteiger partial charge in [0.05, 0.1) is 12.5 Å². The molecule has 0 spiro atoms. The van der Waals surface area contributed by atoms with Crippen molar-refractivity contribution in [1.29, 1.82) is 0 Å². The van der Waals surface area contributed by atoms with Crippen LogP contribution in [0, 0.1) is 10.8 Å². The summed E-state index contributed by atoms with van der Waals surface area (Å²) in [6, 6.07) is 7.30. The molecule has 38 heavy (non-hydrogen) atoms. The van der Waals surface area contributed by atoms with Gasteiger partial charge in [-0.3, -0.25) is 28.8 Å². The molecule has 2 aliphatic rings. The Bertz CT molecular complexity index is 1600. The molecule has 0 radical (unpaired) electrons. The lowest BCUT2D eigenvalue weighted by atomic mass is 9.85. The summed E-state index contributed by atoms with van der Waals surface area (Å²) in [4.78, 5) is 74.2. The number of methoxy groups -OCH3 is 1. The first-order chi connectivity index (χ1) is 17.7. The minimum Gasteiger partial charge on any atom is -0.469 e. The predicted molar refractivity (Wildman–Crippen MR) is 150 cm³/mol. The molecule has 2 aromatic carbocycles. The van der Waals surface area contributed by atoms with Gasteiger partial charge in [-0.15, -0.1) is 0 Å². The number of esters is 1. The number of amides is 1. The summed E-state index contributed by atoms with van der Waals surface area (Å²) < 4.78 is 4.57. The number of carbonyl (C=O) groups is 2. The molecule has 0 aliphatic heterocycles. The topological polar surface area (TPSA) is 124 Å². The van der Waals surface area contributed by atoms with Crippen molar-refractivity contribution < 1.29 is 14.3 Å². The lowest BCUT2D eigenvalue weighted by Gasteiger charge is -2.23. The lowest BCUT2D eigenvalue weighted by molar-refractivity contribution is -0.150. The molecule has 0 bridgehead atoms. The van der Waals surface area contributed by atoms with Gasteiger partial charge in [-0.05, 0) is 38.8 Å². The predicted octanol–water partition coefficient (Wildman–Crippen LogP) is 4.21. The Morgan fingerprint density at radius 2 is 1.21 bits per heavy atom. The van der Waals surface area contributed by atoms with E-state index in [-0.39, 0.29) is 44.5 Å². The van der Waals surface area contributed by atoms with Gasteiger partial charge in [0.15, 0.2) is 0 Å². The Balaban J connectivity index is 0.000000383. The fourth-order valence-corrected chi connectivity index (χ4v) is 4.49. The van der Waals surface area contributed by atoms with Gasteiger partial charge >= 0.3 is 5.97 Å². The Morgan fingerprint density at radius 3 is 1.61 bits per heavy atom. The number of hydrogen-bond acceptors (Lipinski definition) is 7. The van der Waals surface area contributed by atoms with Crippen LogP contribution in [0.3, 0.4) is 0 Å².